The van der Waals surface area contributed by atoms with Crippen molar-refractivity contribution in [1.29, 1.82) is 0 Å². The van der Waals surface area contributed by atoms with Crippen molar-refractivity contribution in [2.75, 3.05) is 20.1 Å². The maximum Gasteiger partial charge on any atom is 0.311 e. The summed E-state index contributed by atoms with van der Waals surface area (Å²) < 4.78 is 25.8. The van der Waals surface area contributed by atoms with E-state index < -0.39 is 27.3 Å². The van der Waals surface area contributed by atoms with Crippen LogP contribution in [0.25, 0.3) is 0 Å². The van der Waals surface area contributed by atoms with Crippen LogP contribution in [0.1, 0.15) is 32.1 Å². The van der Waals surface area contributed by atoms with Gasteiger partial charge in [-0.05, 0) is 25.0 Å². The van der Waals surface area contributed by atoms with Crippen LogP contribution in [0.5, 0.6) is 0 Å². The molecule has 1 aliphatic carbocycles. The van der Waals surface area contributed by atoms with E-state index in [0.29, 0.717) is 12.8 Å². The molecule has 0 aromatic heterocycles. The largest absolute Gasteiger partial charge is 0.481 e. The van der Waals surface area contributed by atoms with Crippen LogP contribution in [0.15, 0.2) is 35.2 Å². The molecule has 0 saturated heterocycles. The molecule has 138 valence electrons. The summed E-state index contributed by atoms with van der Waals surface area (Å²) in [5.74, 6) is -1.41. The van der Waals surface area contributed by atoms with Crippen molar-refractivity contribution in [1.82, 2.24) is 9.62 Å². The molecule has 7 nitrogen and oxygen atoms in total. The predicted octanol–water partition coefficient (Wildman–Crippen LogP) is 1.46. The average molecular weight is 368 g/mol. The first-order valence-electron chi connectivity index (χ1n) is 8.29. The molecule has 1 saturated carbocycles. The van der Waals surface area contributed by atoms with E-state index >= 15 is 0 Å². The van der Waals surface area contributed by atoms with Crippen LogP contribution in [0.4, 0.5) is 0 Å². The molecule has 2 rings (SSSR count). The summed E-state index contributed by atoms with van der Waals surface area (Å²) in [5.41, 5.74) is -0.940. The molecule has 0 atom stereocenters. The second-order valence-corrected chi connectivity index (χ2v) is 8.54. The lowest BCUT2D eigenvalue weighted by Crippen LogP contribution is -2.47. The van der Waals surface area contributed by atoms with Crippen molar-refractivity contribution in [2.45, 2.75) is 37.0 Å². The smallest absolute Gasteiger partial charge is 0.311 e. The summed E-state index contributed by atoms with van der Waals surface area (Å²) in [6, 6.07) is 7.86. The highest BCUT2D eigenvalue weighted by atomic mass is 32.2. The molecule has 1 amide bonds. The maximum absolute atomic E-state index is 12.4. The first-order chi connectivity index (χ1) is 11.8. The number of aliphatic carboxylic acids is 1. The van der Waals surface area contributed by atoms with E-state index in [-0.39, 0.29) is 18.0 Å². The van der Waals surface area contributed by atoms with Crippen LogP contribution in [0, 0.1) is 5.41 Å². The highest BCUT2D eigenvalue weighted by Gasteiger charge is 2.39. The number of sulfonamides is 1. The van der Waals surface area contributed by atoms with Gasteiger partial charge in [-0.3, -0.25) is 9.59 Å². The van der Waals surface area contributed by atoms with Crippen LogP contribution in [0.2, 0.25) is 0 Å². The van der Waals surface area contributed by atoms with Gasteiger partial charge in [0, 0.05) is 13.6 Å². The highest BCUT2D eigenvalue weighted by Crippen LogP contribution is 2.36. The van der Waals surface area contributed by atoms with Gasteiger partial charge in [-0.15, -0.1) is 0 Å². The summed E-state index contributed by atoms with van der Waals surface area (Å²) in [6.07, 6.45) is 3.71. The van der Waals surface area contributed by atoms with E-state index in [1.54, 1.807) is 18.2 Å². The SMILES string of the molecule is CN(CC(=O)NCC1(C(=O)O)CCCCC1)S(=O)(=O)c1ccccc1. The third-order valence-electron chi connectivity index (χ3n) is 4.71. The second kappa shape index (κ2) is 7.97. The zero-order chi connectivity index (χ0) is 18.5. The van der Waals surface area contributed by atoms with E-state index in [0.717, 1.165) is 23.6 Å². The number of nitrogens with one attached hydrogen (secondary N) is 1. The van der Waals surface area contributed by atoms with Crippen molar-refractivity contribution in [3.05, 3.63) is 30.3 Å². The molecule has 1 aromatic rings. The Kier molecular flexibility index (Phi) is 6.18. The zero-order valence-corrected chi connectivity index (χ0v) is 15.1. The van der Waals surface area contributed by atoms with Crippen molar-refractivity contribution >= 4 is 21.9 Å². The molecule has 0 radical (unpaired) electrons. The molecule has 2 N–H and O–H groups in total. The number of carboxylic acid groups (broad SMARTS) is 1. The fourth-order valence-electron chi connectivity index (χ4n) is 3.08. The van der Waals surface area contributed by atoms with E-state index in [1.807, 2.05) is 0 Å². The summed E-state index contributed by atoms with van der Waals surface area (Å²) in [7, 11) is -2.42. The van der Waals surface area contributed by atoms with Gasteiger partial charge in [0.05, 0.1) is 16.9 Å². The van der Waals surface area contributed by atoms with Crippen molar-refractivity contribution in [3.8, 4) is 0 Å². The fourth-order valence-corrected chi connectivity index (χ4v) is 4.23. The quantitative estimate of drug-likeness (QED) is 0.758. The Hall–Kier alpha value is -1.93. The second-order valence-electron chi connectivity index (χ2n) is 6.50. The number of amides is 1. The lowest BCUT2D eigenvalue weighted by molar-refractivity contribution is -0.151. The monoisotopic (exact) mass is 368 g/mol. The van der Waals surface area contributed by atoms with Crippen LogP contribution < -0.4 is 5.32 Å². The molecule has 0 unspecified atom stereocenters. The Morgan fingerprint density at radius 1 is 1.16 bits per heavy atom. The van der Waals surface area contributed by atoms with Gasteiger partial charge in [0.15, 0.2) is 0 Å². The lowest BCUT2D eigenvalue weighted by atomic mass is 9.74. The molecule has 25 heavy (non-hydrogen) atoms. The highest BCUT2D eigenvalue weighted by molar-refractivity contribution is 7.89. The number of carbonyl (C=O) groups excluding carboxylic acids is 1. The van der Waals surface area contributed by atoms with Gasteiger partial charge in [-0.2, -0.15) is 4.31 Å². The topological polar surface area (TPSA) is 104 Å². The molecule has 0 heterocycles. The maximum atomic E-state index is 12.4. The normalized spacial score (nSPS) is 17.2. The summed E-state index contributed by atoms with van der Waals surface area (Å²) >= 11 is 0. The number of carboxylic acids is 1. The van der Waals surface area contributed by atoms with Gasteiger partial charge in [0.25, 0.3) is 0 Å². The molecule has 0 aliphatic heterocycles. The van der Waals surface area contributed by atoms with E-state index in [9.17, 15) is 23.1 Å². The molecule has 1 aliphatic rings. The van der Waals surface area contributed by atoms with Crippen LogP contribution in [0.3, 0.4) is 0 Å². The lowest BCUT2D eigenvalue weighted by Gasteiger charge is -2.33. The Balaban J connectivity index is 1.96. The van der Waals surface area contributed by atoms with Crippen LogP contribution in [-0.4, -0.2) is 49.8 Å². The Bertz CT molecular complexity index is 712. The van der Waals surface area contributed by atoms with Crippen molar-refractivity contribution in [2.24, 2.45) is 5.41 Å². The number of benzene rings is 1. The van der Waals surface area contributed by atoms with Gasteiger partial charge < -0.3 is 10.4 Å². The summed E-state index contributed by atoms with van der Waals surface area (Å²) in [4.78, 5) is 23.8. The summed E-state index contributed by atoms with van der Waals surface area (Å²) in [5, 5.41) is 12.1. The minimum absolute atomic E-state index is 0.0282. The van der Waals surface area contributed by atoms with E-state index in [1.165, 1.54) is 19.2 Å². The van der Waals surface area contributed by atoms with Gasteiger partial charge in [-0.25, -0.2) is 8.42 Å². The first-order valence-corrected chi connectivity index (χ1v) is 9.73. The molecule has 8 heteroatoms. The standard InChI is InChI=1S/C17H24N2O5S/c1-19(25(23,24)14-8-4-2-5-9-14)12-15(20)18-13-17(16(21)22)10-6-3-7-11-17/h2,4-5,8-9H,3,6-7,10-13H2,1H3,(H,18,20)(H,21,22). The number of hydrogen-bond donors (Lipinski definition) is 2. The Morgan fingerprint density at radius 2 is 1.76 bits per heavy atom. The number of carbonyl (C=O) groups is 2. The minimum atomic E-state index is -3.75. The number of hydrogen-bond acceptors (Lipinski definition) is 4. The molecular weight excluding hydrogens is 344 g/mol. The van der Waals surface area contributed by atoms with Gasteiger partial charge >= 0.3 is 5.97 Å². The summed E-state index contributed by atoms with van der Waals surface area (Å²) in [6.45, 7) is -0.326. The number of likely N-dealkylation sites (N-methyl/N-ethyl adjacent to an activating group) is 1. The zero-order valence-electron chi connectivity index (χ0n) is 14.3. The first kappa shape index (κ1) is 19.4. The number of nitrogens with zero attached hydrogens (tertiary/aromatic N) is 1. The van der Waals surface area contributed by atoms with E-state index in [4.69, 9.17) is 0 Å². The van der Waals surface area contributed by atoms with Crippen LogP contribution >= 0.6 is 0 Å². The molecule has 1 fully saturated rings. The molecule has 1 aromatic carbocycles. The molecule has 0 spiro atoms. The average Bonchev–Trinajstić information content (AvgIpc) is 2.61. The third-order valence-corrected chi connectivity index (χ3v) is 6.52. The van der Waals surface area contributed by atoms with E-state index in [2.05, 4.69) is 5.32 Å². The van der Waals surface area contributed by atoms with Gasteiger partial charge in [0.1, 0.15) is 0 Å². The van der Waals surface area contributed by atoms with Crippen molar-refractivity contribution < 1.29 is 23.1 Å². The molecule has 0 bridgehead atoms. The predicted molar refractivity (Wildman–Crippen MR) is 92.4 cm³/mol. The Morgan fingerprint density at radius 3 is 2.32 bits per heavy atom. The number of rotatable bonds is 7. The Labute approximate surface area is 148 Å². The fraction of sp³-hybridized carbons (Fsp3) is 0.529. The van der Waals surface area contributed by atoms with Crippen molar-refractivity contribution in [3.63, 3.8) is 0 Å². The van der Waals surface area contributed by atoms with Gasteiger partial charge in [-0.1, -0.05) is 37.5 Å². The third kappa shape index (κ3) is 4.58. The minimum Gasteiger partial charge on any atom is -0.481 e. The van der Waals surface area contributed by atoms with Crippen LogP contribution in [-0.2, 0) is 19.6 Å². The molecular formula is C17H24N2O5S. The van der Waals surface area contributed by atoms with Gasteiger partial charge in [0.2, 0.25) is 15.9 Å².